The van der Waals surface area contributed by atoms with Gasteiger partial charge in [-0.05, 0) is 42.8 Å². The molecule has 0 saturated carbocycles. The maximum Gasteiger partial charge on any atom is 0.248 e. The van der Waals surface area contributed by atoms with Gasteiger partial charge < -0.3 is 15.4 Å². The van der Waals surface area contributed by atoms with Crippen LogP contribution in [-0.4, -0.2) is 23.3 Å². The summed E-state index contributed by atoms with van der Waals surface area (Å²) in [4.78, 5) is 25.1. The van der Waals surface area contributed by atoms with Gasteiger partial charge in [0.25, 0.3) is 0 Å². The molecule has 0 unspecified atom stereocenters. The van der Waals surface area contributed by atoms with E-state index in [1.807, 2.05) is 0 Å². The molecule has 0 radical (unpaired) electrons. The fourth-order valence-corrected chi connectivity index (χ4v) is 2.77. The number of nitrogens with two attached hydrogens (primary N) is 1. The molecular formula is C21H25ClN2O3. The highest BCUT2D eigenvalue weighted by Gasteiger charge is 2.22. The molecule has 0 atom stereocenters. The molecule has 5 nitrogen and oxygen atoms in total. The van der Waals surface area contributed by atoms with Crippen LogP contribution in [0.25, 0.3) is 0 Å². The highest BCUT2D eigenvalue weighted by atomic mass is 35.5. The molecule has 0 spiro atoms. The molecule has 1 aliphatic rings. The second-order valence-electron chi connectivity index (χ2n) is 6.37. The van der Waals surface area contributed by atoms with E-state index < -0.39 is 5.91 Å². The number of benzene rings is 2. The molecule has 3 rings (SSSR count). The number of nitrogens with zero attached hydrogens (tertiary/aromatic N) is 1. The maximum atomic E-state index is 11.9. The lowest BCUT2D eigenvalue weighted by atomic mass is 10.1. The zero-order chi connectivity index (χ0) is 19.8. The number of primary amides is 1. The Hall–Kier alpha value is -2.53. The molecule has 6 heteroatoms. The number of halogens is 1. The van der Waals surface area contributed by atoms with Crippen LogP contribution in [0.2, 0.25) is 5.02 Å². The van der Waals surface area contributed by atoms with Crippen molar-refractivity contribution in [2.45, 2.75) is 39.7 Å². The largest absolute Gasteiger partial charge is 0.457 e. The van der Waals surface area contributed by atoms with Crippen molar-refractivity contribution in [3.63, 3.8) is 0 Å². The van der Waals surface area contributed by atoms with Gasteiger partial charge in [0.15, 0.2) is 0 Å². The van der Waals surface area contributed by atoms with Crippen LogP contribution >= 0.6 is 11.6 Å². The molecule has 1 fully saturated rings. The predicted molar refractivity (Wildman–Crippen MR) is 107 cm³/mol. The lowest BCUT2D eigenvalue weighted by Gasteiger charge is -2.19. The van der Waals surface area contributed by atoms with Crippen LogP contribution in [0, 0.1) is 0 Å². The quantitative estimate of drug-likeness (QED) is 0.801. The van der Waals surface area contributed by atoms with Gasteiger partial charge in [-0.3, -0.25) is 9.59 Å². The van der Waals surface area contributed by atoms with E-state index in [0.29, 0.717) is 35.1 Å². The van der Waals surface area contributed by atoms with Gasteiger partial charge in [-0.2, -0.15) is 0 Å². The highest BCUT2D eigenvalue weighted by Crippen LogP contribution is 2.29. The SMILES string of the molecule is CCC.NC(=O)c1ccc(CN2CCCC2=O)c(Oc2ccc(Cl)cc2)c1. The Morgan fingerprint density at radius 2 is 1.85 bits per heavy atom. The van der Waals surface area contributed by atoms with Gasteiger partial charge in [0.2, 0.25) is 11.8 Å². The molecule has 0 bridgehead atoms. The molecular weight excluding hydrogens is 364 g/mol. The minimum Gasteiger partial charge on any atom is -0.457 e. The number of amides is 2. The van der Waals surface area contributed by atoms with Gasteiger partial charge in [-0.1, -0.05) is 37.9 Å². The van der Waals surface area contributed by atoms with E-state index in [4.69, 9.17) is 22.1 Å². The summed E-state index contributed by atoms with van der Waals surface area (Å²) >= 11 is 5.88. The summed E-state index contributed by atoms with van der Waals surface area (Å²) in [5.74, 6) is 0.703. The second-order valence-corrected chi connectivity index (χ2v) is 6.81. The van der Waals surface area contributed by atoms with E-state index in [9.17, 15) is 9.59 Å². The molecule has 1 aliphatic heterocycles. The first-order valence-electron chi connectivity index (χ1n) is 9.08. The topological polar surface area (TPSA) is 72.6 Å². The smallest absolute Gasteiger partial charge is 0.248 e. The van der Waals surface area contributed by atoms with Gasteiger partial charge in [-0.15, -0.1) is 0 Å². The molecule has 1 saturated heterocycles. The van der Waals surface area contributed by atoms with Crippen LogP contribution in [0.1, 0.15) is 49.0 Å². The minimum atomic E-state index is -0.528. The lowest BCUT2D eigenvalue weighted by molar-refractivity contribution is -0.128. The van der Waals surface area contributed by atoms with E-state index >= 15 is 0 Å². The van der Waals surface area contributed by atoms with E-state index in [1.165, 1.54) is 6.42 Å². The molecule has 2 aromatic rings. The summed E-state index contributed by atoms with van der Waals surface area (Å²) in [6.45, 7) is 5.43. The van der Waals surface area contributed by atoms with Crippen LogP contribution in [0.4, 0.5) is 0 Å². The number of hydrogen-bond acceptors (Lipinski definition) is 3. The van der Waals surface area contributed by atoms with Crippen LogP contribution in [0.15, 0.2) is 42.5 Å². The van der Waals surface area contributed by atoms with E-state index in [2.05, 4.69) is 13.8 Å². The van der Waals surface area contributed by atoms with Crippen LogP contribution in [0.5, 0.6) is 11.5 Å². The Morgan fingerprint density at radius 1 is 1.19 bits per heavy atom. The average Bonchev–Trinajstić information content (AvgIpc) is 3.04. The number of carbonyl (C=O) groups excluding carboxylic acids is 2. The molecule has 2 amide bonds. The predicted octanol–water partition coefficient (Wildman–Crippen LogP) is 4.77. The Bertz CT molecular complexity index is 791. The van der Waals surface area contributed by atoms with Crippen molar-refractivity contribution < 1.29 is 14.3 Å². The number of likely N-dealkylation sites (tertiary alicyclic amines) is 1. The number of hydrogen-bond donors (Lipinski definition) is 1. The Morgan fingerprint density at radius 3 is 2.41 bits per heavy atom. The molecule has 27 heavy (non-hydrogen) atoms. The zero-order valence-corrected chi connectivity index (χ0v) is 16.5. The summed E-state index contributed by atoms with van der Waals surface area (Å²) in [7, 11) is 0. The van der Waals surface area contributed by atoms with Crippen molar-refractivity contribution in [1.82, 2.24) is 4.90 Å². The van der Waals surface area contributed by atoms with Gasteiger partial charge in [0.1, 0.15) is 11.5 Å². The van der Waals surface area contributed by atoms with Gasteiger partial charge >= 0.3 is 0 Å². The first-order valence-corrected chi connectivity index (χ1v) is 9.46. The normalized spacial score (nSPS) is 13.1. The standard InChI is InChI=1S/C18H17ClN2O3.C3H8/c19-14-5-7-15(8-6-14)24-16-10-12(18(20)23)3-4-13(16)11-21-9-1-2-17(21)22;1-3-2/h3-8,10H,1-2,9,11H2,(H2,20,23);3H2,1-2H3. The summed E-state index contributed by atoms with van der Waals surface area (Å²) < 4.78 is 5.90. The summed E-state index contributed by atoms with van der Waals surface area (Å²) in [6.07, 6.45) is 2.69. The number of rotatable bonds is 5. The Kier molecular flexibility index (Phi) is 7.67. The molecule has 2 aromatic carbocycles. The first kappa shape index (κ1) is 20.8. The third kappa shape index (κ3) is 6.00. The third-order valence-corrected chi connectivity index (χ3v) is 4.18. The van der Waals surface area contributed by atoms with Crippen molar-refractivity contribution >= 4 is 23.4 Å². The van der Waals surface area contributed by atoms with Crippen molar-refractivity contribution in [1.29, 1.82) is 0 Å². The molecule has 0 aromatic heterocycles. The molecule has 2 N–H and O–H groups in total. The average molecular weight is 389 g/mol. The van der Waals surface area contributed by atoms with Crippen LogP contribution in [0.3, 0.4) is 0 Å². The fraction of sp³-hybridized carbons (Fsp3) is 0.333. The van der Waals surface area contributed by atoms with E-state index in [-0.39, 0.29) is 5.91 Å². The highest BCUT2D eigenvalue weighted by molar-refractivity contribution is 6.30. The zero-order valence-electron chi connectivity index (χ0n) is 15.7. The number of carbonyl (C=O) groups is 2. The monoisotopic (exact) mass is 388 g/mol. The molecule has 0 aliphatic carbocycles. The lowest BCUT2D eigenvalue weighted by Crippen LogP contribution is -2.24. The van der Waals surface area contributed by atoms with Gasteiger partial charge in [0.05, 0.1) is 0 Å². The van der Waals surface area contributed by atoms with Crippen molar-refractivity contribution in [3.8, 4) is 11.5 Å². The molecule has 144 valence electrons. The summed E-state index contributed by atoms with van der Waals surface area (Å²) in [6, 6.07) is 11.9. The minimum absolute atomic E-state index is 0.131. The summed E-state index contributed by atoms with van der Waals surface area (Å²) in [5, 5.41) is 0.608. The Labute approximate surface area is 165 Å². The second kappa shape index (κ2) is 9.97. The van der Waals surface area contributed by atoms with Gasteiger partial charge in [0, 0.05) is 35.7 Å². The Balaban J connectivity index is 0.000000817. The van der Waals surface area contributed by atoms with Crippen LogP contribution in [-0.2, 0) is 11.3 Å². The van der Waals surface area contributed by atoms with Crippen molar-refractivity contribution in [2.24, 2.45) is 5.73 Å². The number of ether oxygens (including phenoxy) is 1. The summed E-state index contributed by atoms with van der Waals surface area (Å²) in [5.41, 5.74) is 6.54. The van der Waals surface area contributed by atoms with Crippen molar-refractivity contribution in [2.75, 3.05) is 6.54 Å². The van der Waals surface area contributed by atoms with E-state index in [1.54, 1.807) is 47.4 Å². The van der Waals surface area contributed by atoms with Crippen LogP contribution < -0.4 is 10.5 Å². The van der Waals surface area contributed by atoms with Crippen molar-refractivity contribution in [3.05, 3.63) is 58.6 Å². The van der Waals surface area contributed by atoms with Gasteiger partial charge in [-0.25, -0.2) is 0 Å². The van der Waals surface area contributed by atoms with E-state index in [0.717, 1.165) is 18.5 Å². The third-order valence-electron chi connectivity index (χ3n) is 3.93. The molecule has 1 heterocycles. The fourth-order valence-electron chi connectivity index (χ4n) is 2.64. The first-order chi connectivity index (χ1) is 12.9. The maximum absolute atomic E-state index is 11.9.